The number of fused-ring (bicyclic) bond motifs is 1. The lowest BCUT2D eigenvalue weighted by Crippen LogP contribution is -2.46. The van der Waals surface area contributed by atoms with Crippen molar-refractivity contribution in [2.24, 2.45) is 5.92 Å². The Balaban J connectivity index is 1.93. The molecular weight excluding hydrogens is 253 g/mol. The summed E-state index contributed by atoms with van der Waals surface area (Å²) in [6.07, 6.45) is 6.95. The summed E-state index contributed by atoms with van der Waals surface area (Å²) in [5.74, 6) is 1.28. The summed E-state index contributed by atoms with van der Waals surface area (Å²) in [6.45, 7) is 2.26. The van der Waals surface area contributed by atoms with E-state index in [1.165, 1.54) is 25.3 Å². The molecule has 3 atom stereocenters. The first kappa shape index (κ1) is 13.9. The van der Waals surface area contributed by atoms with Crippen LogP contribution in [0.1, 0.15) is 57.1 Å². The fourth-order valence-corrected chi connectivity index (χ4v) is 3.97. The molecule has 0 amide bonds. The number of rotatable bonds is 2. The Morgan fingerprint density at radius 2 is 2.25 bits per heavy atom. The molecule has 1 aliphatic heterocycles. The molecule has 3 heteroatoms. The zero-order valence-corrected chi connectivity index (χ0v) is 12.4. The molecule has 0 radical (unpaired) electrons. The van der Waals surface area contributed by atoms with Crippen LogP contribution >= 0.6 is 0 Å². The molecule has 110 valence electrons. The second-order valence-electron chi connectivity index (χ2n) is 6.38. The van der Waals surface area contributed by atoms with Crippen molar-refractivity contribution in [2.45, 2.75) is 57.1 Å². The standard InChI is InChI=1S/C17H24FNO/c1-3-12-5-4-8-17(10-12)11-15(19-2)14-7-6-13(18)9-16(14)20-17/h6-7,9,12,15,19H,3-5,8,10-11H2,1-2H3. The number of benzene rings is 1. The molecule has 20 heavy (non-hydrogen) atoms. The molecule has 2 aliphatic rings. The van der Waals surface area contributed by atoms with Crippen LogP contribution in [0.15, 0.2) is 18.2 Å². The van der Waals surface area contributed by atoms with E-state index in [0.717, 1.165) is 36.5 Å². The molecular formula is C17H24FNO. The van der Waals surface area contributed by atoms with Crippen LogP contribution in [-0.4, -0.2) is 12.6 Å². The molecule has 1 spiro atoms. The van der Waals surface area contributed by atoms with Crippen LogP contribution in [0, 0.1) is 11.7 Å². The minimum Gasteiger partial charge on any atom is -0.487 e. The predicted octanol–water partition coefficient (Wildman–Crippen LogP) is 4.21. The Kier molecular flexibility index (Phi) is 3.72. The van der Waals surface area contributed by atoms with Crippen molar-refractivity contribution in [3.05, 3.63) is 29.6 Å². The van der Waals surface area contributed by atoms with Crippen molar-refractivity contribution in [3.8, 4) is 5.75 Å². The van der Waals surface area contributed by atoms with E-state index in [2.05, 4.69) is 12.2 Å². The fraction of sp³-hybridized carbons (Fsp3) is 0.647. The molecule has 2 nitrogen and oxygen atoms in total. The fourth-order valence-electron chi connectivity index (χ4n) is 3.97. The third-order valence-electron chi connectivity index (χ3n) is 5.08. The van der Waals surface area contributed by atoms with Crippen molar-refractivity contribution >= 4 is 0 Å². The Hall–Kier alpha value is -1.09. The summed E-state index contributed by atoms with van der Waals surface area (Å²) in [7, 11) is 1.98. The van der Waals surface area contributed by atoms with E-state index in [0.29, 0.717) is 0 Å². The van der Waals surface area contributed by atoms with E-state index in [4.69, 9.17) is 4.74 Å². The van der Waals surface area contributed by atoms with Crippen LogP contribution in [0.3, 0.4) is 0 Å². The highest BCUT2D eigenvalue weighted by molar-refractivity contribution is 5.39. The van der Waals surface area contributed by atoms with E-state index in [1.807, 2.05) is 13.1 Å². The Morgan fingerprint density at radius 1 is 1.40 bits per heavy atom. The molecule has 0 aromatic heterocycles. The Morgan fingerprint density at radius 3 is 3.00 bits per heavy atom. The largest absolute Gasteiger partial charge is 0.487 e. The van der Waals surface area contributed by atoms with Gasteiger partial charge in [0.05, 0.1) is 0 Å². The average Bonchev–Trinajstić information content (AvgIpc) is 2.46. The van der Waals surface area contributed by atoms with Gasteiger partial charge in [-0.2, -0.15) is 0 Å². The van der Waals surface area contributed by atoms with Gasteiger partial charge in [-0.1, -0.05) is 25.8 Å². The average molecular weight is 277 g/mol. The van der Waals surface area contributed by atoms with E-state index in [-0.39, 0.29) is 17.5 Å². The number of halogens is 1. The van der Waals surface area contributed by atoms with Gasteiger partial charge in [-0.15, -0.1) is 0 Å². The summed E-state index contributed by atoms with van der Waals surface area (Å²) in [5, 5.41) is 3.38. The molecule has 1 fully saturated rings. The maximum atomic E-state index is 13.5. The number of ether oxygens (including phenoxy) is 1. The SMILES string of the molecule is CCC1CCCC2(C1)CC(NC)c1ccc(F)cc1O2. The van der Waals surface area contributed by atoms with Crippen molar-refractivity contribution < 1.29 is 9.13 Å². The van der Waals surface area contributed by atoms with Gasteiger partial charge in [0, 0.05) is 24.1 Å². The molecule has 1 N–H and O–H groups in total. The van der Waals surface area contributed by atoms with Gasteiger partial charge in [-0.25, -0.2) is 4.39 Å². The van der Waals surface area contributed by atoms with Crippen LogP contribution in [0.2, 0.25) is 0 Å². The molecule has 1 aromatic carbocycles. The van der Waals surface area contributed by atoms with Crippen LogP contribution in [0.4, 0.5) is 4.39 Å². The maximum Gasteiger partial charge on any atom is 0.127 e. The van der Waals surface area contributed by atoms with Gasteiger partial charge >= 0.3 is 0 Å². The highest BCUT2D eigenvalue weighted by Gasteiger charge is 2.43. The molecule has 1 aromatic rings. The highest BCUT2D eigenvalue weighted by atomic mass is 19.1. The second-order valence-corrected chi connectivity index (χ2v) is 6.38. The number of hydrogen-bond acceptors (Lipinski definition) is 2. The van der Waals surface area contributed by atoms with Crippen molar-refractivity contribution in [1.29, 1.82) is 0 Å². The van der Waals surface area contributed by atoms with Crippen LogP contribution < -0.4 is 10.1 Å². The van der Waals surface area contributed by atoms with Gasteiger partial charge in [0.25, 0.3) is 0 Å². The highest BCUT2D eigenvalue weighted by Crippen LogP contribution is 2.47. The molecule has 3 unspecified atom stereocenters. The lowest BCUT2D eigenvalue weighted by atomic mass is 9.72. The third kappa shape index (κ3) is 2.44. The topological polar surface area (TPSA) is 21.3 Å². The van der Waals surface area contributed by atoms with Crippen LogP contribution in [-0.2, 0) is 0 Å². The van der Waals surface area contributed by atoms with E-state index >= 15 is 0 Å². The summed E-state index contributed by atoms with van der Waals surface area (Å²) < 4.78 is 19.8. The molecule has 1 heterocycles. The zero-order chi connectivity index (χ0) is 14.2. The zero-order valence-electron chi connectivity index (χ0n) is 12.4. The van der Waals surface area contributed by atoms with Crippen LogP contribution in [0.5, 0.6) is 5.75 Å². The summed E-state index contributed by atoms with van der Waals surface area (Å²) >= 11 is 0. The van der Waals surface area contributed by atoms with Crippen LogP contribution in [0.25, 0.3) is 0 Å². The molecule has 3 rings (SSSR count). The first-order valence-electron chi connectivity index (χ1n) is 7.81. The minimum atomic E-state index is -0.210. The minimum absolute atomic E-state index is 0.0899. The van der Waals surface area contributed by atoms with E-state index < -0.39 is 0 Å². The van der Waals surface area contributed by atoms with Crippen molar-refractivity contribution in [1.82, 2.24) is 5.32 Å². The van der Waals surface area contributed by atoms with Crippen molar-refractivity contribution in [3.63, 3.8) is 0 Å². The molecule has 1 saturated carbocycles. The number of nitrogens with one attached hydrogen (secondary N) is 1. The van der Waals surface area contributed by atoms with Gasteiger partial charge in [0.1, 0.15) is 17.2 Å². The smallest absolute Gasteiger partial charge is 0.127 e. The number of hydrogen-bond donors (Lipinski definition) is 1. The maximum absolute atomic E-state index is 13.5. The Labute approximate surface area is 120 Å². The van der Waals surface area contributed by atoms with Gasteiger partial charge in [-0.05, 0) is 38.3 Å². The summed E-state index contributed by atoms with van der Waals surface area (Å²) in [5.41, 5.74) is 1.01. The third-order valence-corrected chi connectivity index (χ3v) is 5.08. The molecule has 0 saturated heterocycles. The molecule has 1 aliphatic carbocycles. The normalized spacial score (nSPS) is 32.8. The summed E-state index contributed by atoms with van der Waals surface area (Å²) in [4.78, 5) is 0. The summed E-state index contributed by atoms with van der Waals surface area (Å²) in [6, 6.07) is 5.21. The first-order valence-corrected chi connectivity index (χ1v) is 7.81. The quantitative estimate of drug-likeness (QED) is 0.874. The second kappa shape index (κ2) is 5.36. The predicted molar refractivity (Wildman–Crippen MR) is 78.4 cm³/mol. The van der Waals surface area contributed by atoms with Gasteiger partial charge in [-0.3, -0.25) is 0 Å². The Bertz CT molecular complexity index is 490. The van der Waals surface area contributed by atoms with Crippen molar-refractivity contribution in [2.75, 3.05) is 7.05 Å². The first-order chi connectivity index (χ1) is 9.65. The van der Waals surface area contributed by atoms with E-state index in [9.17, 15) is 4.39 Å². The monoisotopic (exact) mass is 277 g/mol. The van der Waals surface area contributed by atoms with Gasteiger partial charge in [0.15, 0.2) is 0 Å². The lowest BCUT2D eigenvalue weighted by molar-refractivity contribution is -0.0210. The van der Waals surface area contributed by atoms with E-state index in [1.54, 1.807) is 6.07 Å². The van der Waals surface area contributed by atoms with Gasteiger partial charge < -0.3 is 10.1 Å². The lowest BCUT2D eigenvalue weighted by Gasteiger charge is -2.46. The molecule has 0 bridgehead atoms. The van der Waals surface area contributed by atoms with Gasteiger partial charge in [0.2, 0.25) is 0 Å².